The molecular weight excluding hydrogens is 218 g/mol. The lowest BCUT2D eigenvalue weighted by molar-refractivity contribution is 0.672. The number of aryl methyl sites for hydroxylation is 2. The maximum absolute atomic E-state index is 12.1. The molecule has 2 rings (SSSR count). The molecule has 0 amide bonds. The van der Waals surface area contributed by atoms with E-state index in [9.17, 15) is 4.21 Å². The predicted molar refractivity (Wildman–Crippen MR) is 68.2 cm³/mol. The fourth-order valence-corrected chi connectivity index (χ4v) is 2.97. The van der Waals surface area contributed by atoms with Crippen molar-refractivity contribution in [3.05, 3.63) is 29.3 Å². The zero-order valence-corrected chi connectivity index (χ0v) is 10.8. The quantitative estimate of drug-likeness (QED) is 0.850. The molecule has 88 valence electrons. The Labute approximate surface area is 99.9 Å². The Hall–Kier alpha value is -0.670. The monoisotopic (exact) mass is 237 g/mol. The van der Waals surface area contributed by atoms with E-state index in [2.05, 4.69) is 17.4 Å². The Morgan fingerprint density at radius 3 is 2.81 bits per heavy atom. The number of nitrogens with one attached hydrogen (secondary N) is 1. The Bertz CT molecular complexity index is 399. The molecule has 0 saturated heterocycles. The van der Waals surface area contributed by atoms with Crippen LogP contribution in [0, 0.1) is 13.8 Å². The third kappa shape index (κ3) is 3.16. The van der Waals surface area contributed by atoms with E-state index in [0.29, 0.717) is 6.04 Å². The van der Waals surface area contributed by atoms with Crippen molar-refractivity contribution in [3.8, 4) is 0 Å². The molecule has 1 aliphatic rings. The maximum Gasteiger partial charge on any atom is 0.0545 e. The number of rotatable bonds is 5. The fraction of sp³-hybridized carbons (Fsp3) is 0.538. The summed E-state index contributed by atoms with van der Waals surface area (Å²) in [6.45, 7) is 4.94. The maximum atomic E-state index is 12.1. The van der Waals surface area contributed by atoms with Crippen LogP contribution in [0.1, 0.15) is 24.0 Å². The molecule has 1 saturated carbocycles. The second kappa shape index (κ2) is 5.11. The summed E-state index contributed by atoms with van der Waals surface area (Å²) in [5.74, 6) is 0.723. The molecule has 1 aromatic carbocycles. The molecule has 0 spiro atoms. The van der Waals surface area contributed by atoms with Gasteiger partial charge < -0.3 is 5.32 Å². The minimum absolute atomic E-state index is 0.704. The molecule has 0 bridgehead atoms. The average Bonchev–Trinajstić information content (AvgIpc) is 3.05. The fourth-order valence-electron chi connectivity index (χ4n) is 1.71. The first-order valence-corrected chi connectivity index (χ1v) is 7.18. The first kappa shape index (κ1) is 11.8. The van der Waals surface area contributed by atoms with Crippen molar-refractivity contribution in [2.24, 2.45) is 0 Å². The zero-order chi connectivity index (χ0) is 11.5. The molecule has 0 aromatic heterocycles. The van der Waals surface area contributed by atoms with Crippen LogP contribution in [0.25, 0.3) is 0 Å². The zero-order valence-electron chi connectivity index (χ0n) is 9.95. The lowest BCUT2D eigenvalue weighted by Gasteiger charge is -2.07. The van der Waals surface area contributed by atoms with Gasteiger partial charge in [0.05, 0.1) is 10.8 Å². The van der Waals surface area contributed by atoms with Gasteiger partial charge in [0.15, 0.2) is 0 Å². The molecule has 1 aliphatic carbocycles. The standard InChI is InChI=1S/C13H19NOS/c1-10-3-4-11(2)13(9-10)16(15)8-7-14-12-5-6-12/h3-4,9,12,14H,5-8H2,1-2H3. The molecule has 0 radical (unpaired) electrons. The van der Waals surface area contributed by atoms with E-state index >= 15 is 0 Å². The molecule has 1 fully saturated rings. The van der Waals surface area contributed by atoms with Gasteiger partial charge in [-0.25, -0.2) is 0 Å². The van der Waals surface area contributed by atoms with Crippen LogP contribution < -0.4 is 5.32 Å². The minimum atomic E-state index is -0.856. The van der Waals surface area contributed by atoms with Crippen molar-refractivity contribution >= 4 is 10.8 Å². The van der Waals surface area contributed by atoms with Gasteiger partial charge >= 0.3 is 0 Å². The smallest absolute Gasteiger partial charge is 0.0545 e. The lowest BCUT2D eigenvalue weighted by atomic mass is 10.2. The molecular formula is C13H19NOS. The Morgan fingerprint density at radius 2 is 2.12 bits per heavy atom. The Kier molecular flexibility index (Phi) is 3.77. The van der Waals surface area contributed by atoms with Gasteiger partial charge in [-0.2, -0.15) is 0 Å². The van der Waals surface area contributed by atoms with E-state index < -0.39 is 10.8 Å². The van der Waals surface area contributed by atoms with Crippen molar-refractivity contribution in [2.75, 3.05) is 12.3 Å². The van der Waals surface area contributed by atoms with Crippen LogP contribution in [0.4, 0.5) is 0 Å². The normalized spacial score (nSPS) is 17.4. The summed E-state index contributed by atoms with van der Waals surface area (Å²) in [6.07, 6.45) is 2.58. The van der Waals surface area contributed by atoms with Crippen molar-refractivity contribution < 1.29 is 4.21 Å². The molecule has 0 aliphatic heterocycles. The SMILES string of the molecule is Cc1ccc(C)c(S(=O)CCNC2CC2)c1. The van der Waals surface area contributed by atoms with Crippen LogP contribution >= 0.6 is 0 Å². The highest BCUT2D eigenvalue weighted by Crippen LogP contribution is 2.19. The van der Waals surface area contributed by atoms with E-state index in [0.717, 1.165) is 22.8 Å². The van der Waals surface area contributed by atoms with Gasteiger partial charge in [-0.1, -0.05) is 12.1 Å². The number of benzene rings is 1. The van der Waals surface area contributed by atoms with E-state index in [1.807, 2.05) is 19.9 Å². The van der Waals surface area contributed by atoms with E-state index in [4.69, 9.17) is 0 Å². The van der Waals surface area contributed by atoms with E-state index in [1.54, 1.807) is 0 Å². The second-order valence-electron chi connectivity index (χ2n) is 4.55. The van der Waals surface area contributed by atoms with Gasteiger partial charge in [-0.15, -0.1) is 0 Å². The van der Waals surface area contributed by atoms with Crippen LogP contribution in [-0.4, -0.2) is 22.5 Å². The third-order valence-corrected chi connectivity index (χ3v) is 4.39. The predicted octanol–water partition coefficient (Wildman–Crippen LogP) is 2.16. The van der Waals surface area contributed by atoms with Gasteiger partial charge in [0.1, 0.15) is 0 Å². The molecule has 1 aromatic rings. The summed E-state index contributed by atoms with van der Waals surface area (Å²) < 4.78 is 12.1. The van der Waals surface area contributed by atoms with Crippen molar-refractivity contribution in [1.29, 1.82) is 0 Å². The summed E-state index contributed by atoms with van der Waals surface area (Å²) in [4.78, 5) is 0.998. The first-order chi connectivity index (χ1) is 7.66. The van der Waals surface area contributed by atoms with Gasteiger partial charge in [0, 0.05) is 23.2 Å². The van der Waals surface area contributed by atoms with Crippen LogP contribution in [0.2, 0.25) is 0 Å². The average molecular weight is 237 g/mol. The summed E-state index contributed by atoms with van der Waals surface area (Å²) in [6, 6.07) is 6.87. The minimum Gasteiger partial charge on any atom is -0.313 e. The molecule has 16 heavy (non-hydrogen) atoms. The molecule has 0 heterocycles. The van der Waals surface area contributed by atoms with E-state index in [-0.39, 0.29) is 0 Å². The van der Waals surface area contributed by atoms with E-state index in [1.165, 1.54) is 18.4 Å². The van der Waals surface area contributed by atoms with Gasteiger partial charge in [0.25, 0.3) is 0 Å². The van der Waals surface area contributed by atoms with Crippen LogP contribution in [0.3, 0.4) is 0 Å². The van der Waals surface area contributed by atoms with Gasteiger partial charge in [-0.3, -0.25) is 4.21 Å². The largest absolute Gasteiger partial charge is 0.313 e. The Morgan fingerprint density at radius 1 is 1.38 bits per heavy atom. The second-order valence-corrected chi connectivity index (χ2v) is 6.09. The summed E-state index contributed by atoms with van der Waals surface area (Å²) in [5.41, 5.74) is 2.32. The highest BCUT2D eigenvalue weighted by atomic mass is 32.2. The molecule has 2 nitrogen and oxygen atoms in total. The van der Waals surface area contributed by atoms with Crippen molar-refractivity contribution in [3.63, 3.8) is 0 Å². The lowest BCUT2D eigenvalue weighted by Crippen LogP contribution is -2.22. The van der Waals surface area contributed by atoms with Crippen LogP contribution in [-0.2, 0) is 10.8 Å². The summed E-state index contributed by atoms with van der Waals surface area (Å²) >= 11 is 0. The summed E-state index contributed by atoms with van der Waals surface area (Å²) in [7, 11) is -0.856. The molecule has 1 atom stereocenters. The number of hydrogen-bond acceptors (Lipinski definition) is 2. The topological polar surface area (TPSA) is 29.1 Å². The Balaban J connectivity index is 1.93. The third-order valence-electron chi connectivity index (χ3n) is 2.89. The number of hydrogen-bond donors (Lipinski definition) is 1. The molecule has 1 N–H and O–H groups in total. The van der Waals surface area contributed by atoms with Gasteiger partial charge in [0.2, 0.25) is 0 Å². The highest BCUT2D eigenvalue weighted by Gasteiger charge is 2.20. The highest BCUT2D eigenvalue weighted by molar-refractivity contribution is 7.85. The van der Waals surface area contributed by atoms with Crippen LogP contribution in [0.5, 0.6) is 0 Å². The first-order valence-electron chi connectivity index (χ1n) is 5.86. The van der Waals surface area contributed by atoms with Gasteiger partial charge in [-0.05, 0) is 43.9 Å². The molecule has 1 unspecified atom stereocenters. The summed E-state index contributed by atoms with van der Waals surface area (Å²) in [5, 5.41) is 3.40. The van der Waals surface area contributed by atoms with Crippen molar-refractivity contribution in [2.45, 2.75) is 37.6 Å². The molecule has 3 heteroatoms. The van der Waals surface area contributed by atoms with Crippen molar-refractivity contribution in [1.82, 2.24) is 5.32 Å². The van der Waals surface area contributed by atoms with Crippen LogP contribution in [0.15, 0.2) is 23.1 Å².